The van der Waals surface area contributed by atoms with Crippen molar-refractivity contribution >= 4 is 11.8 Å². The Morgan fingerprint density at radius 2 is 1.91 bits per heavy atom. The van der Waals surface area contributed by atoms with Crippen molar-refractivity contribution < 1.29 is 32.3 Å². The Labute approximate surface area is 179 Å². The fourth-order valence-electron chi connectivity index (χ4n) is 4.12. The second-order valence-electron chi connectivity index (χ2n) is 8.10. The third kappa shape index (κ3) is 3.71. The Bertz CT molecular complexity index is 1170. The van der Waals surface area contributed by atoms with Crippen molar-refractivity contribution in [1.29, 1.82) is 0 Å². The molecule has 0 radical (unpaired) electrons. The van der Waals surface area contributed by atoms with Gasteiger partial charge in [-0.3, -0.25) is 14.4 Å². The lowest BCUT2D eigenvalue weighted by molar-refractivity contribution is -0.0258. The first-order valence-electron chi connectivity index (χ1n) is 9.86. The van der Waals surface area contributed by atoms with Crippen molar-refractivity contribution in [3.8, 4) is 5.75 Å². The standard InChI is InChI=1S/C21H19F4N3O4/c1-10-4-14(22)12(15(23)5-10)6-26-19(31)13-8-28-11-2-3-21(24,25)9-27(7-11)20(32)16(28)18(30)17(13)29/h4-5,8,11,30H,2-3,6-7,9H2,1H3,(H,26,31)/t11-/m1/s1. The molecule has 4 rings (SSSR count). The maximum Gasteiger partial charge on any atom is 0.274 e. The number of pyridine rings is 1. The Kier molecular flexibility index (Phi) is 5.22. The molecule has 2 aliphatic rings. The molecule has 0 unspecified atom stereocenters. The number of benzene rings is 1. The number of amides is 2. The number of carbonyl (C=O) groups excluding carboxylic acids is 2. The largest absolute Gasteiger partial charge is 0.503 e. The van der Waals surface area contributed by atoms with Crippen LogP contribution in [0.1, 0.15) is 50.9 Å². The average Bonchev–Trinajstić information content (AvgIpc) is 2.84. The van der Waals surface area contributed by atoms with Gasteiger partial charge in [0.15, 0.2) is 11.4 Å². The van der Waals surface area contributed by atoms with Gasteiger partial charge in [-0.05, 0) is 31.0 Å². The predicted molar refractivity (Wildman–Crippen MR) is 104 cm³/mol. The van der Waals surface area contributed by atoms with E-state index >= 15 is 0 Å². The summed E-state index contributed by atoms with van der Waals surface area (Å²) in [6.45, 7) is 0.0364. The molecule has 2 amide bonds. The lowest BCUT2D eigenvalue weighted by atomic mass is 10.0. The van der Waals surface area contributed by atoms with Gasteiger partial charge in [0.05, 0.1) is 12.6 Å². The Hall–Kier alpha value is -3.37. The van der Waals surface area contributed by atoms with Crippen LogP contribution in [0.3, 0.4) is 0 Å². The third-order valence-corrected chi connectivity index (χ3v) is 5.75. The Balaban J connectivity index is 1.67. The number of hydrogen-bond acceptors (Lipinski definition) is 4. The van der Waals surface area contributed by atoms with Crippen molar-refractivity contribution in [2.24, 2.45) is 0 Å². The summed E-state index contributed by atoms with van der Waals surface area (Å²) in [4.78, 5) is 38.7. The molecule has 1 fully saturated rings. The van der Waals surface area contributed by atoms with Gasteiger partial charge in [-0.15, -0.1) is 0 Å². The second-order valence-corrected chi connectivity index (χ2v) is 8.10. The molecule has 0 aliphatic carbocycles. The monoisotopic (exact) mass is 453 g/mol. The number of halogens is 4. The number of aromatic hydroxyl groups is 1. The molecule has 170 valence electrons. The summed E-state index contributed by atoms with van der Waals surface area (Å²) in [6.07, 6.45) is 0.464. The highest BCUT2D eigenvalue weighted by atomic mass is 19.3. The van der Waals surface area contributed by atoms with Crippen LogP contribution in [-0.2, 0) is 6.54 Å². The molecule has 2 N–H and O–H groups in total. The predicted octanol–water partition coefficient (Wildman–Crippen LogP) is 2.50. The topological polar surface area (TPSA) is 91.6 Å². The minimum Gasteiger partial charge on any atom is -0.503 e. The lowest BCUT2D eigenvalue weighted by Gasteiger charge is -2.34. The molecular weight excluding hydrogens is 434 g/mol. The molecule has 1 aromatic heterocycles. The maximum absolute atomic E-state index is 14.0. The van der Waals surface area contributed by atoms with E-state index in [4.69, 9.17) is 0 Å². The summed E-state index contributed by atoms with van der Waals surface area (Å²) in [6, 6.07) is 1.49. The van der Waals surface area contributed by atoms with E-state index in [-0.39, 0.29) is 13.0 Å². The van der Waals surface area contributed by atoms with E-state index in [2.05, 4.69) is 5.32 Å². The van der Waals surface area contributed by atoms with Gasteiger partial charge >= 0.3 is 0 Å². The van der Waals surface area contributed by atoms with Crippen LogP contribution in [0, 0.1) is 18.6 Å². The number of alkyl halides is 2. The van der Waals surface area contributed by atoms with Crippen LogP contribution in [0.15, 0.2) is 23.1 Å². The lowest BCUT2D eigenvalue weighted by Crippen LogP contribution is -2.46. The van der Waals surface area contributed by atoms with E-state index in [9.17, 15) is 37.1 Å². The van der Waals surface area contributed by atoms with Crippen molar-refractivity contribution in [2.75, 3.05) is 13.1 Å². The van der Waals surface area contributed by atoms with E-state index in [1.54, 1.807) is 0 Å². The van der Waals surface area contributed by atoms with Gasteiger partial charge < -0.3 is 19.9 Å². The first-order chi connectivity index (χ1) is 15.0. The van der Waals surface area contributed by atoms with Crippen molar-refractivity contribution in [1.82, 2.24) is 14.8 Å². The summed E-state index contributed by atoms with van der Waals surface area (Å²) < 4.78 is 57.2. The van der Waals surface area contributed by atoms with Gasteiger partial charge in [0, 0.05) is 31.3 Å². The van der Waals surface area contributed by atoms with Crippen LogP contribution in [0.2, 0.25) is 0 Å². The van der Waals surface area contributed by atoms with Crippen LogP contribution >= 0.6 is 0 Å². The van der Waals surface area contributed by atoms with Crippen LogP contribution < -0.4 is 10.7 Å². The second kappa shape index (κ2) is 7.64. The summed E-state index contributed by atoms with van der Waals surface area (Å²) in [7, 11) is 0. The van der Waals surface area contributed by atoms with Crippen LogP contribution in [0.4, 0.5) is 17.6 Å². The first-order valence-corrected chi connectivity index (χ1v) is 9.86. The summed E-state index contributed by atoms with van der Waals surface area (Å²) in [5, 5.41) is 12.6. The molecule has 1 saturated heterocycles. The fourth-order valence-corrected chi connectivity index (χ4v) is 4.12. The summed E-state index contributed by atoms with van der Waals surface area (Å²) in [5.74, 6) is -7.88. The van der Waals surface area contributed by atoms with Crippen molar-refractivity contribution in [3.05, 3.63) is 62.6 Å². The van der Waals surface area contributed by atoms with Crippen molar-refractivity contribution in [2.45, 2.75) is 38.3 Å². The molecular formula is C21H19F4N3O4. The summed E-state index contributed by atoms with van der Waals surface area (Å²) in [5.41, 5.74) is -2.28. The normalized spacial score (nSPS) is 19.3. The van der Waals surface area contributed by atoms with E-state index in [1.807, 2.05) is 0 Å². The number of aryl methyl sites for hydroxylation is 1. The van der Waals surface area contributed by atoms with E-state index in [0.29, 0.717) is 5.56 Å². The SMILES string of the molecule is Cc1cc(F)c(CNC(=O)c2cn3c(c(O)c2=O)C(=O)N2C[C@H]3CCC(F)(F)C2)c(F)c1. The number of hydrogen-bond donors (Lipinski definition) is 2. The number of nitrogens with zero attached hydrogens (tertiary/aromatic N) is 2. The van der Waals surface area contributed by atoms with E-state index < -0.39 is 82.9 Å². The molecule has 32 heavy (non-hydrogen) atoms. The van der Waals surface area contributed by atoms with Crippen LogP contribution in [-0.4, -0.2) is 45.4 Å². The number of aromatic nitrogens is 1. The number of nitrogens with one attached hydrogen (secondary N) is 1. The minimum atomic E-state index is -3.12. The number of rotatable bonds is 3. The van der Waals surface area contributed by atoms with Gasteiger partial charge in [0.25, 0.3) is 17.7 Å². The van der Waals surface area contributed by atoms with E-state index in [1.165, 1.54) is 11.5 Å². The highest BCUT2D eigenvalue weighted by molar-refractivity contribution is 5.99. The number of fused-ring (bicyclic) bond motifs is 4. The van der Waals surface area contributed by atoms with Gasteiger partial charge in [-0.1, -0.05) is 0 Å². The maximum atomic E-state index is 14.0. The van der Waals surface area contributed by atoms with E-state index in [0.717, 1.165) is 23.2 Å². The molecule has 1 atom stereocenters. The zero-order valence-electron chi connectivity index (χ0n) is 16.9. The molecule has 3 heterocycles. The molecule has 2 aliphatic heterocycles. The van der Waals surface area contributed by atoms with Crippen LogP contribution in [0.5, 0.6) is 5.75 Å². The van der Waals surface area contributed by atoms with Crippen LogP contribution in [0.25, 0.3) is 0 Å². The third-order valence-electron chi connectivity index (χ3n) is 5.75. The molecule has 0 saturated carbocycles. The Morgan fingerprint density at radius 3 is 2.56 bits per heavy atom. The first kappa shape index (κ1) is 21.8. The molecule has 7 nitrogen and oxygen atoms in total. The van der Waals surface area contributed by atoms with Gasteiger partial charge in [-0.25, -0.2) is 17.6 Å². The zero-order chi connectivity index (χ0) is 23.4. The number of carbonyl (C=O) groups is 2. The quantitative estimate of drug-likeness (QED) is 0.699. The molecule has 0 spiro atoms. The minimum absolute atomic E-state index is 0.0487. The molecule has 1 aromatic carbocycles. The van der Waals surface area contributed by atoms with Gasteiger partial charge in [0.1, 0.15) is 17.2 Å². The molecule has 2 bridgehead atoms. The smallest absolute Gasteiger partial charge is 0.274 e. The Morgan fingerprint density at radius 1 is 1.25 bits per heavy atom. The van der Waals surface area contributed by atoms with Crippen molar-refractivity contribution in [3.63, 3.8) is 0 Å². The zero-order valence-corrected chi connectivity index (χ0v) is 16.9. The average molecular weight is 453 g/mol. The highest BCUT2D eigenvalue weighted by Gasteiger charge is 2.44. The summed E-state index contributed by atoms with van der Waals surface area (Å²) >= 11 is 0. The fraction of sp³-hybridized carbons (Fsp3) is 0.381. The van der Waals surface area contributed by atoms with Gasteiger partial charge in [0.2, 0.25) is 5.43 Å². The highest BCUT2D eigenvalue weighted by Crippen LogP contribution is 2.36. The molecule has 2 aromatic rings. The molecule has 11 heteroatoms. The van der Waals surface area contributed by atoms with Gasteiger partial charge in [-0.2, -0.15) is 0 Å².